The van der Waals surface area contributed by atoms with Crippen LogP contribution < -0.4 is 10.6 Å². The van der Waals surface area contributed by atoms with Gasteiger partial charge in [-0.3, -0.25) is 9.59 Å². The van der Waals surface area contributed by atoms with Crippen molar-refractivity contribution >= 4 is 30.5 Å². The molecule has 2 unspecified atom stereocenters. The largest absolute Gasteiger partial charge is 0.444 e. The van der Waals surface area contributed by atoms with Gasteiger partial charge in [0.25, 0.3) is 0 Å². The minimum absolute atomic E-state index is 0.0420. The fraction of sp³-hybridized carbons (Fsp3) is 0.621. The van der Waals surface area contributed by atoms with Gasteiger partial charge >= 0.3 is 6.09 Å². The number of ether oxygens (including phenoxy) is 1. The Labute approximate surface area is 228 Å². The van der Waals surface area contributed by atoms with Crippen molar-refractivity contribution in [2.24, 2.45) is 0 Å². The summed E-state index contributed by atoms with van der Waals surface area (Å²) < 4.78 is 5.36. The third kappa shape index (κ3) is 11.5. The molecule has 0 heterocycles. The van der Waals surface area contributed by atoms with Gasteiger partial charge in [0, 0.05) is 23.9 Å². The number of carbonyl (C=O) groups excluding carboxylic acids is 3. The average Bonchev–Trinajstić information content (AvgIpc) is 2.82. The Bertz CT molecular complexity index is 920. The van der Waals surface area contributed by atoms with Crippen LogP contribution in [0.25, 0.3) is 0 Å². The number of hydrogen-bond donors (Lipinski definition) is 3. The highest BCUT2D eigenvalue weighted by Crippen LogP contribution is 2.27. The van der Waals surface area contributed by atoms with E-state index in [0.29, 0.717) is 24.1 Å². The van der Waals surface area contributed by atoms with Gasteiger partial charge in [-0.2, -0.15) is 12.6 Å². The molecule has 2 atom stereocenters. The summed E-state index contributed by atoms with van der Waals surface area (Å²) in [5.74, 6) is 1.95. The first-order valence-electron chi connectivity index (χ1n) is 13.2. The number of benzene rings is 1. The summed E-state index contributed by atoms with van der Waals surface area (Å²) in [5.41, 5.74) is 0.380. The van der Waals surface area contributed by atoms with Crippen LogP contribution in [0.4, 0.5) is 4.79 Å². The molecule has 0 aliphatic carbocycles. The van der Waals surface area contributed by atoms with Gasteiger partial charge in [-0.1, -0.05) is 63.1 Å². The number of thiol groups is 1. The Hall–Kier alpha value is -2.66. The quantitative estimate of drug-likeness (QED) is 0.174. The number of unbranched alkanes of at least 4 members (excludes halogenated alkanes) is 5. The van der Waals surface area contributed by atoms with Gasteiger partial charge in [-0.15, -0.1) is 6.42 Å². The van der Waals surface area contributed by atoms with E-state index in [4.69, 9.17) is 11.2 Å². The Morgan fingerprint density at radius 3 is 2.24 bits per heavy atom. The Kier molecular flexibility index (Phi) is 14.2. The molecule has 0 bridgehead atoms. The highest BCUT2D eigenvalue weighted by atomic mass is 32.1. The van der Waals surface area contributed by atoms with Gasteiger partial charge in [-0.25, -0.2) is 4.79 Å². The predicted molar refractivity (Wildman–Crippen MR) is 152 cm³/mol. The van der Waals surface area contributed by atoms with Crippen molar-refractivity contribution in [3.63, 3.8) is 0 Å². The fourth-order valence-electron chi connectivity index (χ4n) is 3.95. The highest BCUT2D eigenvalue weighted by Gasteiger charge is 2.36. The number of amides is 3. The molecule has 0 aliphatic heterocycles. The standard InChI is InChI=1S/C29H45N3O4S/c1-8-10-11-12-13-16-19-32(27(34)24(20-37)31-28(35)36-29(5,6)7)25(26(33)30-21(3)4)23-18-15-14-17-22(23)9-2/h2,14-15,17-18,21,24-25,37H,8,10-13,16,19-20H2,1,3-7H3,(H,30,33)(H,31,35). The molecule has 7 nitrogen and oxygen atoms in total. The van der Waals surface area contributed by atoms with Crippen LogP contribution >= 0.6 is 12.6 Å². The maximum absolute atomic E-state index is 13.9. The van der Waals surface area contributed by atoms with Crippen LogP contribution in [-0.4, -0.2) is 52.8 Å². The second-order valence-electron chi connectivity index (χ2n) is 10.5. The third-order valence-electron chi connectivity index (χ3n) is 5.61. The van der Waals surface area contributed by atoms with E-state index in [0.717, 1.165) is 25.7 Å². The summed E-state index contributed by atoms with van der Waals surface area (Å²) in [6.45, 7) is 11.5. The first kappa shape index (κ1) is 32.4. The summed E-state index contributed by atoms with van der Waals surface area (Å²) in [6, 6.07) is 5.06. The summed E-state index contributed by atoms with van der Waals surface area (Å²) >= 11 is 4.33. The summed E-state index contributed by atoms with van der Waals surface area (Å²) in [4.78, 5) is 41.5. The van der Waals surface area contributed by atoms with Crippen molar-refractivity contribution in [2.45, 2.75) is 104 Å². The number of hydrogen-bond acceptors (Lipinski definition) is 5. The Morgan fingerprint density at radius 2 is 1.68 bits per heavy atom. The normalized spacial score (nSPS) is 12.8. The second-order valence-corrected chi connectivity index (χ2v) is 10.8. The zero-order valence-corrected chi connectivity index (χ0v) is 24.2. The zero-order chi connectivity index (χ0) is 28.0. The summed E-state index contributed by atoms with van der Waals surface area (Å²) in [6.07, 6.45) is 11.2. The van der Waals surface area contributed by atoms with Gasteiger partial charge in [0.15, 0.2) is 0 Å². The molecule has 0 saturated heterocycles. The van der Waals surface area contributed by atoms with Crippen LogP contribution in [0.3, 0.4) is 0 Å². The molecule has 1 aromatic rings. The highest BCUT2D eigenvalue weighted by molar-refractivity contribution is 7.80. The van der Waals surface area contributed by atoms with E-state index in [2.05, 4.69) is 36.1 Å². The molecule has 1 aromatic carbocycles. The van der Waals surface area contributed by atoms with Crippen molar-refractivity contribution in [1.82, 2.24) is 15.5 Å². The first-order chi connectivity index (χ1) is 17.4. The summed E-state index contributed by atoms with van der Waals surface area (Å²) in [5, 5.41) is 5.58. The molecule has 0 fully saturated rings. The van der Waals surface area contributed by atoms with E-state index in [-0.39, 0.29) is 17.7 Å². The van der Waals surface area contributed by atoms with Gasteiger partial charge < -0.3 is 20.3 Å². The average molecular weight is 532 g/mol. The Balaban J connectivity index is 3.40. The SMILES string of the molecule is C#Cc1ccccc1C(C(=O)NC(C)C)N(CCCCCCCC)C(=O)C(CS)NC(=O)OC(C)(C)C. The van der Waals surface area contributed by atoms with Crippen LogP contribution in [0, 0.1) is 12.3 Å². The van der Waals surface area contributed by atoms with Crippen LogP contribution in [0.1, 0.15) is 97.2 Å². The fourth-order valence-corrected chi connectivity index (χ4v) is 4.19. The zero-order valence-electron chi connectivity index (χ0n) is 23.3. The van der Waals surface area contributed by atoms with Crippen molar-refractivity contribution in [2.75, 3.05) is 12.3 Å². The van der Waals surface area contributed by atoms with Crippen molar-refractivity contribution in [1.29, 1.82) is 0 Å². The lowest BCUT2D eigenvalue weighted by Gasteiger charge is -2.35. The topological polar surface area (TPSA) is 87.7 Å². The molecular formula is C29H45N3O4S. The van der Waals surface area contributed by atoms with Gasteiger partial charge in [0.05, 0.1) is 0 Å². The molecule has 0 spiro atoms. The molecule has 37 heavy (non-hydrogen) atoms. The lowest BCUT2D eigenvalue weighted by Crippen LogP contribution is -2.54. The lowest BCUT2D eigenvalue weighted by molar-refractivity contribution is -0.142. The van der Waals surface area contributed by atoms with Gasteiger partial charge in [0.1, 0.15) is 17.7 Å². The number of rotatable bonds is 14. The second kappa shape index (κ2) is 16.2. The molecule has 8 heteroatoms. The van der Waals surface area contributed by atoms with E-state index in [1.165, 1.54) is 11.3 Å². The Morgan fingerprint density at radius 1 is 1.05 bits per heavy atom. The lowest BCUT2D eigenvalue weighted by atomic mass is 9.97. The maximum Gasteiger partial charge on any atom is 0.408 e. The molecule has 0 saturated carbocycles. The van der Waals surface area contributed by atoms with E-state index in [1.54, 1.807) is 45.0 Å². The van der Waals surface area contributed by atoms with Crippen molar-refractivity contribution in [3.8, 4) is 12.3 Å². The van der Waals surface area contributed by atoms with Crippen LogP contribution in [-0.2, 0) is 14.3 Å². The van der Waals surface area contributed by atoms with Crippen molar-refractivity contribution < 1.29 is 19.1 Å². The van der Waals surface area contributed by atoms with Crippen LogP contribution in [0.15, 0.2) is 24.3 Å². The predicted octanol–water partition coefficient (Wildman–Crippen LogP) is 5.25. The van der Waals surface area contributed by atoms with Crippen molar-refractivity contribution in [3.05, 3.63) is 35.4 Å². The number of carbonyl (C=O) groups is 3. The molecule has 3 amide bonds. The summed E-state index contributed by atoms with van der Waals surface area (Å²) in [7, 11) is 0. The molecule has 0 aromatic heterocycles. The third-order valence-corrected chi connectivity index (χ3v) is 5.97. The van der Waals surface area contributed by atoms with E-state index in [9.17, 15) is 14.4 Å². The minimum Gasteiger partial charge on any atom is -0.444 e. The minimum atomic E-state index is -0.981. The van der Waals surface area contributed by atoms with E-state index >= 15 is 0 Å². The van der Waals surface area contributed by atoms with Crippen LogP contribution in [0.2, 0.25) is 0 Å². The number of terminal acetylenes is 1. The van der Waals surface area contributed by atoms with Gasteiger partial charge in [-0.05, 0) is 52.7 Å². The first-order valence-corrected chi connectivity index (χ1v) is 13.8. The maximum atomic E-state index is 13.9. The molecular weight excluding hydrogens is 486 g/mol. The van der Waals surface area contributed by atoms with Gasteiger partial charge in [0.2, 0.25) is 11.8 Å². The molecule has 0 aliphatic rings. The van der Waals surface area contributed by atoms with E-state index < -0.39 is 29.7 Å². The number of nitrogens with zero attached hydrogens (tertiary/aromatic N) is 1. The molecule has 206 valence electrons. The molecule has 0 radical (unpaired) electrons. The molecule has 1 rings (SSSR count). The monoisotopic (exact) mass is 531 g/mol. The van der Waals surface area contributed by atoms with E-state index in [1.807, 2.05) is 13.8 Å². The molecule has 2 N–H and O–H groups in total. The number of alkyl carbamates (subject to hydrolysis) is 1. The smallest absolute Gasteiger partial charge is 0.408 e. The van der Waals surface area contributed by atoms with Crippen LogP contribution in [0.5, 0.6) is 0 Å². The number of nitrogens with one attached hydrogen (secondary N) is 2.